The van der Waals surface area contributed by atoms with Crippen LogP contribution >= 0.6 is 11.6 Å². The molecule has 1 aromatic heterocycles. The van der Waals surface area contributed by atoms with Gasteiger partial charge in [-0.25, -0.2) is 0 Å². The van der Waals surface area contributed by atoms with E-state index in [-0.39, 0.29) is 5.78 Å². The van der Waals surface area contributed by atoms with Crippen LogP contribution in [0.5, 0.6) is 5.75 Å². The number of benzene rings is 2. The number of hydrogen-bond donors (Lipinski definition) is 0. The van der Waals surface area contributed by atoms with Gasteiger partial charge in [0.1, 0.15) is 5.75 Å². The van der Waals surface area contributed by atoms with Gasteiger partial charge in [-0.1, -0.05) is 11.6 Å². The third kappa shape index (κ3) is 3.44. The average molecular weight is 343 g/mol. The molecule has 0 fully saturated rings. The van der Waals surface area contributed by atoms with Crippen molar-refractivity contribution < 1.29 is 9.53 Å². The zero-order valence-corrected chi connectivity index (χ0v) is 14.0. The quantitative estimate of drug-likeness (QED) is 0.666. The maximum Gasteiger partial charge on any atom is 0.204 e. The maximum atomic E-state index is 11.6. The molecule has 2 aromatic carbocycles. The molecule has 0 saturated heterocycles. The predicted molar refractivity (Wildman–Crippen MR) is 90.4 cm³/mol. The second-order valence-corrected chi connectivity index (χ2v) is 5.67. The molecule has 0 spiro atoms. The zero-order valence-electron chi connectivity index (χ0n) is 13.2. The van der Waals surface area contributed by atoms with E-state index in [0.29, 0.717) is 28.7 Å². The van der Waals surface area contributed by atoms with E-state index in [2.05, 4.69) is 15.4 Å². The molecule has 1 heterocycles. The van der Waals surface area contributed by atoms with Gasteiger partial charge < -0.3 is 4.74 Å². The van der Waals surface area contributed by atoms with Crippen molar-refractivity contribution in [3.8, 4) is 17.1 Å². The lowest BCUT2D eigenvalue weighted by Crippen LogP contribution is -2.07. The molecule has 0 N–H and O–H groups in total. The molecule has 0 amide bonds. The summed E-state index contributed by atoms with van der Waals surface area (Å²) in [6.07, 6.45) is 0. The summed E-state index contributed by atoms with van der Waals surface area (Å²) in [7, 11) is 1.58. The molecule has 0 aliphatic heterocycles. The van der Waals surface area contributed by atoms with Crippen molar-refractivity contribution >= 4 is 17.4 Å². The molecule has 3 rings (SSSR count). The van der Waals surface area contributed by atoms with Crippen molar-refractivity contribution in [2.75, 3.05) is 7.11 Å². The van der Waals surface area contributed by atoms with Gasteiger partial charge in [0.05, 0.1) is 13.7 Å². The Labute approximate surface area is 144 Å². The van der Waals surface area contributed by atoms with E-state index in [4.69, 9.17) is 16.3 Å². The Kier molecular flexibility index (Phi) is 4.57. The third-order valence-corrected chi connectivity index (χ3v) is 3.81. The first kappa shape index (κ1) is 16.1. The second kappa shape index (κ2) is 6.80. The number of Topliss-reactive ketones (excluding diaryl/α,β-unsaturated/α-hetero) is 1. The minimum Gasteiger partial charge on any atom is -0.496 e. The van der Waals surface area contributed by atoms with E-state index >= 15 is 0 Å². The Morgan fingerprint density at radius 3 is 2.62 bits per heavy atom. The first-order valence-corrected chi connectivity index (χ1v) is 7.66. The van der Waals surface area contributed by atoms with Gasteiger partial charge in [-0.05, 0) is 54.6 Å². The van der Waals surface area contributed by atoms with Gasteiger partial charge in [-0.2, -0.15) is 4.80 Å². The van der Waals surface area contributed by atoms with Crippen molar-refractivity contribution in [2.24, 2.45) is 0 Å². The summed E-state index contributed by atoms with van der Waals surface area (Å²) in [5.74, 6) is 1.17. The molecule has 0 bridgehead atoms. The van der Waals surface area contributed by atoms with Crippen molar-refractivity contribution in [1.29, 1.82) is 0 Å². The molecule has 7 heteroatoms. The molecule has 122 valence electrons. The van der Waals surface area contributed by atoms with E-state index < -0.39 is 0 Å². The van der Waals surface area contributed by atoms with Crippen LogP contribution in [0.1, 0.15) is 22.8 Å². The number of hydrogen-bond acceptors (Lipinski definition) is 5. The average Bonchev–Trinajstić information content (AvgIpc) is 3.04. The predicted octanol–water partition coefficient (Wildman–Crippen LogP) is 3.25. The lowest BCUT2D eigenvalue weighted by molar-refractivity contribution is 0.101. The number of aromatic nitrogens is 4. The van der Waals surface area contributed by atoms with Gasteiger partial charge in [0.2, 0.25) is 5.82 Å². The molecular weight excluding hydrogens is 328 g/mol. The van der Waals surface area contributed by atoms with Crippen LogP contribution in [0.3, 0.4) is 0 Å². The topological polar surface area (TPSA) is 69.9 Å². The highest BCUT2D eigenvalue weighted by Crippen LogP contribution is 2.22. The van der Waals surface area contributed by atoms with E-state index in [1.807, 2.05) is 12.1 Å². The molecule has 0 unspecified atom stereocenters. The minimum absolute atomic E-state index is 0.00712. The monoisotopic (exact) mass is 342 g/mol. The van der Waals surface area contributed by atoms with Gasteiger partial charge in [0.15, 0.2) is 5.78 Å². The van der Waals surface area contributed by atoms with E-state index in [1.54, 1.807) is 37.4 Å². The van der Waals surface area contributed by atoms with Crippen LogP contribution in [0.15, 0.2) is 42.5 Å². The van der Waals surface area contributed by atoms with Crippen molar-refractivity contribution in [3.63, 3.8) is 0 Å². The second-order valence-electron chi connectivity index (χ2n) is 5.23. The largest absolute Gasteiger partial charge is 0.496 e. The number of ether oxygens (including phenoxy) is 1. The first-order valence-electron chi connectivity index (χ1n) is 7.28. The highest BCUT2D eigenvalue weighted by molar-refractivity contribution is 6.30. The van der Waals surface area contributed by atoms with Crippen LogP contribution in [-0.2, 0) is 6.54 Å². The van der Waals surface area contributed by atoms with Gasteiger partial charge in [0, 0.05) is 21.7 Å². The molecule has 0 atom stereocenters. The van der Waals surface area contributed by atoms with Crippen LogP contribution in [-0.4, -0.2) is 33.1 Å². The smallest absolute Gasteiger partial charge is 0.204 e. The number of rotatable bonds is 5. The molecule has 0 saturated carbocycles. The standard InChI is InChI=1S/C17H15ClN4O2/c1-11(23)13-5-8-16(24-2)14(9-13)10-22-20-17(19-21-22)12-3-6-15(18)7-4-12/h3-9H,10H2,1-2H3. The number of carbonyl (C=O) groups excluding carboxylic acids is 1. The molecule has 3 aromatic rings. The molecule has 6 nitrogen and oxygen atoms in total. The van der Waals surface area contributed by atoms with E-state index in [1.165, 1.54) is 11.7 Å². The van der Waals surface area contributed by atoms with Crippen LogP contribution in [0.2, 0.25) is 5.02 Å². The minimum atomic E-state index is -0.00712. The number of tetrazole rings is 1. The summed E-state index contributed by atoms with van der Waals surface area (Å²) in [5.41, 5.74) is 2.25. The maximum absolute atomic E-state index is 11.6. The molecule has 0 radical (unpaired) electrons. The molecular formula is C17H15ClN4O2. The number of halogens is 1. The zero-order chi connectivity index (χ0) is 17.1. The van der Waals surface area contributed by atoms with Crippen molar-refractivity contribution in [1.82, 2.24) is 20.2 Å². The van der Waals surface area contributed by atoms with Gasteiger partial charge >= 0.3 is 0 Å². The summed E-state index contributed by atoms with van der Waals surface area (Å²) in [6, 6.07) is 12.5. The Balaban J connectivity index is 1.88. The fraction of sp³-hybridized carbons (Fsp3) is 0.176. The Hall–Kier alpha value is -2.73. The molecule has 0 aliphatic rings. The number of ketones is 1. The number of nitrogens with zero attached hydrogens (tertiary/aromatic N) is 4. The Bertz CT molecular complexity index is 875. The highest BCUT2D eigenvalue weighted by atomic mass is 35.5. The summed E-state index contributed by atoms with van der Waals surface area (Å²) < 4.78 is 5.34. The number of methoxy groups -OCH3 is 1. The van der Waals surface area contributed by atoms with Gasteiger partial charge in [-0.15, -0.1) is 10.2 Å². The summed E-state index contributed by atoms with van der Waals surface area (Å²) >= 11 is 5.88. The fourth-order valence-electron chi connectivity index (χ4n) is 2.30. The third-order valence-electron chi connectivity index (χ3n) is 3.55. The first-order chi connectivity index (χ1) is 11.6. The summed E-state index contributed by atoms with van der Waals surface area (Å²) in [4.78, 5) is 13.0. The van der Waals surface area contributed by atoms with E-state index in [9.17, 15) is 4.79 Å². The van der Waals surface area contributed by atoms with Crippen LogP contribution in [0.4, 0.5) is 0 Å². The lowest BCUT2D eigenvalue weighted by atomic mass is 10.1. The Morgan fingerprint density at radius 2 is 1.96 bits per heavy atom. The normalized spacial score (nSPS) is 10.6. The Morgan fingerprint density at radius 1 is 1.21 bits per heavy atom. The highest BCUT2D eigenvalue weighted by Gasteiger charge is 2.11. The van der Waals surface area contributed by atoms with Crippen molar-refractivity contribution in [3.05, 3.63) is 58.6 Å². The molecule has 0 aliphatic carbocycles. The van der Waals surface area contributed by atoms with Crippen LogP contribution < -0.4 is 4.74 Å². The summed E-state index contributed by atoms with van der Waals surface area (Å²) in [5, 5.41) is 13.1. The van der Waals surface area contributed by atoms with Crippen LogP contribution in [0.25, 0.3) is 11.4 Å². The van der Waals surface area contributed by atoms with Crippen molar-refractivity contribution in [2.45, 2.75) is 13.5 Å². The van der Waals surface area contributed by atoms with E-state index in [0.717, 1.165) is 11.1 Å². The molecule has 24 heavy (non-hydrogen) atoms. The van der Waals surface area contributed by atoms with Gasteiger partial charge in [0.25, 0.3) is 0 Å². The fourth-order valence-corrected chi connectivity index (χ4v) is 2.42. The van der Waals surface area contributed by atoms with Gasteiger partial charge in [-0.3, -0.25) is 4.79 Å². The lowest BCUT2D eigenvalue weighted by Gasteiger charge is -2.09. The summed E-state index contributed by atoms with van der Waals surface area (Å²) in [6.45, 7) is 1.88. The van der Waals surface area contributed by atoms with Crippen LogP contribution in [0, 0.1) is 0 Å². The number of carbonyl (C=O) groups is 1. The SMILES string of the molecule is COc1ccc(C(C)=O)cc1Cn1nnc(-c2ccc(Cl)cc2)n1.